The van der Waals surface area contributed by atoms with Crippen molar-refractivity contribution in [3.05, 3.63) is 17.0 Å². The predicted octanol–water partition coefficient (Wildman–Crippen LogP) is -0.872. The number of halogens is 1. The van der Waals surface area contributed by atoms with Crippen LogP contribution in [0.1, 0.15) is 10.5 Å². The summed E-state index contributed by atoms with van der Waals surface area (Å²) in [5, 5.41) is 2.31. The van der Waals surface area contributed by atoms with Crippen LogP contribution in [0.15, 0.2) is 6.07 Å². The number of nitrogens with zero attached hydrogens (tertiary/aromatic N) is 2. The minimum absolute atomic E-state index is 0.0838. The van der Waals surface area contributed by atoms with Crippen molar-refractivity contribution in [3.8, 4) is 12.3 Å². The van der Waals surface area contributed by atoms with Crippen molar-refractivity contribution < 1.29 is 9.59 Å². The number of rotatable bonds is 4. The monoisotopic (exact) mass is 253 g/mol. The van der Waals surface area contributed by atoms with Gasteiger partial charge in [0, 0.05) is 6.07 Å². The molecule has 0 bridgehead atoms. The van der Waals surface area contributed by atoms with Crippen LogP contribution in [0.2, 0.25) is 5.28 Å². The van der Waals surface area contributed by atoms with Gasteiger partial charge in [-0.2, -0.15) is 0 Å². The number of anilines is 1. The molecule has 5 N–H and O–H groups in total. The molecule has 0 fully saturated rings. The highest BCUT2D eigenvalue weighted by Crippen LogP contribution is 2.11. The van der Waals surface area contributed by atoms with Gasteiger partial charge >= 0.3 is 0 Å². The fourth-order valence-electron chi connectivity index (χ4n) is 0.961. The average Bonchev–Trinajstić information content (AvgIpc) is 2.24. The smallest absolute Gasteiger partial charge is 0.267 e. The van der Waals surface area contributed by atoms with Crippen LogP contribution in [-0.4, -0.2) is 27.8 Å². The second kappa shape index (κ2) is 5.14. The molecule has 7 nitrogen and oxygen atoms in total. The van der Waals surface area contributed by atoms with Crippen molar-refractivity contribution in [2.75, 3.05) is 5.32 Å². The third-order valence-electron chi connectivity index (χ3n) is 1.69. The van der Waals surface area contributed by atoms with Gasteiger partial charge < -0.3 is 16.8 Å². The number of hydrogen-bond donors (Lipinski definition) is 3. The van der Waals surface area contributed by atoms with Crippen molar-refractivity contribution in [3.63, 3.8) is 0 Å². The third kappa shape index (κ3) is 3.32. The molecule has 0 saturated carbocycles. The van der Waals surface area contributed by atoms with Gasteiger partial charge in [0.15, 0.2) is 6.04 Å². The van der Waals surface area contributed by atoms with Gasteiger partial charge in [0.1, 0.15) is 11.5 Å². The zero-order chi connectivity index (χ0) is 13.0. The van der Waals surface area contributed by atoms with Crippen LogP contribution in [0, 0.1) is 12.3 Å². The molecular weight excluding hydrogens is 246 g/mol. The van der Waals surface area contributed by atoms with E-state index in [0.717, 1.165) is 0 Å². The van der Waals surface area contributed by atoms with E-state index in [1.807, 2.05) is 0 Å². The van der Waals surface area contributed by atoms with Crippen LogP contribution < -0.4 is 16.8 Å². The lowest BCUT2D eigenvalue weighted by molar-refractivity contribution is -0.117. The number of carbonyl (C=O) groups excluding carboxylic acids is 2. The minimum Gasteiger partial charge on any atom is -0.367 e. The molecule has 1 aromatic rings. The van der Waals surface area contributed by atoms with Crippen LogP contribution >= 0.6 is 11.6 Å². The normalized spacial score (nSPS) is 11.3. The summed E-state index contributed by atoms with van der Waals surface area (Å²) in [6, 6.07) is 0.142. The molecule has 1 rings (SSSR count). The van der Waals surface area contributed by atoms with Gasteiger partial charge in [-0.3, -0.25) is 9.59 Å². The highest BCUT2D eigenvalue weighted by molar-refractivity contribution is 6.28. The molecule has 0 unspecified atom stereocenters. The lowest BCUT2D eigenvalue weighted by atomic mass is 10.3. The van der Waals surface area contributed by atoms with E-state index in [9.17, 15) is 9.59 Å². The molecule has 0 aliphatic heterocycles. The van der Waals surface area contributed by atoms with Crippen LogP contribution in [0.4, 0.5) is 5.82 Å². The van der Waals surface area contributed by atoms with Crippen molar-refractivity contribution in [2.24, 2.45) is 11.5 Å². The quantitative estimate of drug-likeness (QED) is 0.475. The molecule has 1 heterocycles. The Morgan fingerprint density at radius 1 is 1.47 bits per heavy atom. The van der Waals surface area contributed by atoms with E-state index >= 15 is 0 Å². The zero-order valence-electron chi connectivity index (χ0n) is 8.48. The van der Waals surface area contributed by atoms with Crippen LogP contribution in [0.25, 0.3) is 0 Å². The highest BCUT2D eigenvalue weighted by Gasteiger charge is 2.14. The molecular formula is C9H8ClN5O2. The maximum Gasteiger partial charge on any atom is 0.267 e. The lowest BCUT2D eigenvalue weighted by Crippen LogP contribution is -2.34. The van der Waals surface area contributed by atoms with E-state index in [-0.39, 0.29) is 16.8 Å². The first-order chi connectivity index (χ1) is 7.93. The van der Waals surface area contributed by atoms with Crippen molar-refractivity contribution in [1.82, 2.24) is 9.97 Å². The van der Waals surface area contributed by atoms with Gasteiger partial charge in [0.05, 0.1) is 0 Å². The SMILES string of the molecule is C#C[C@H](Nc1cc(C(N)=O)nc(Cl)n1)C(N)=O. The first kappa shape index (κ1) is 12.7. The summed E-state index contributed by atoms with van der Waals surface area (Å²) in [5.41, 5.74) is 9.94. The second-order valence-electron chi connectivity index (χ2n) is 2.92. The number of amides is 2. The molecule has 0 aromatic carbocycles. The summed E-state index contributed by atoms with van der Waals surface area (Å²) < 4.78 is 0. The second-order valence-corrected chi connectivity index (χ2v) is 3.26. The minimum atomic E-state index is -1.07. The Morgan fingerprint density at radius 3 is 2.59 bits per heavy atom. The summed E-state index contributed by atoms with van der Waals surface area (Å²) in [6.07, 6.45) is 5.08. The largest absolute Gasteiger partial charge is 0.367 e. The van der Waals surface area contributed by atoms with Crippen molar-refractivity contribution >= 4 is 29.2 Å². The lowest BCUT2D eigenvalue weighted by Gasteiger charge is -2.10. The van der Waals surface area contributed by atoms with Gasteiger partial charge in [-0.15, -0.1) is 6.42 Å². The number of primary amides is 2. The van der Waals surface area contributed by atoms with E-state index in [0.29, 0.717) is 0 Å². The van der Waals surface area contributed by atoms with E-state index < -0.39 is 17.9 Å². The van der Waals surface area contributed by atoms with Gasteiger partial charge in [-0.05, 0) is 11.6 Å². The third-order valence-corrected chi connectivity index (χ3v) is 1.86. The average molecular weight is 254 g/mol. The standard InChI is InChI=1S/C9H8ClN5O2/c1-2-4(7(11)16)13-6-3-5(8(12)17)14-9(10)15-6/h1,3-4H,(H2,11,16)(H2,12,17)(H,13,14,15)/t4-/m0/s1. The Morgan fingerprint density at radius 2 is 2.12 bits per heavy atom. The zero-order valence-corrected chi connectivity index (χ0v) is 9.23. The maximum atomic E-state index is 10.9. The van der Waals surface area contributed by atoms with Crippen molar-refractivity contribution in [1.29, 1.82) is 0 Å². The first-order valence-electron chi connectivity index (χ1n) is 4.30. The van der Waals surface area contributed by atoms with E-state index in [2.05, 4.69) is 21.2 Å². The van der Waals surface area contributed by atoms with Crippen LogP contribution in [-0.2, 0) is 4.79 Å². The van der Waals surface area contributed by atoms with Crippen LogP contribution in [0.3, 0.4) is 0 Å². The molecule has 0 aliphatic carbocycles. The first-order valence-corrected chi connectivity index (χ1v) is 4.68. The Balaban J connectivity index is 3.03. The summed E-state index contributed by atoms with van der Waals surface area (Å²) >= 11 is 5.56. The summed E-state index contributed by atoms with van der Waals surface area (Å²) in [7, 11) is 0. The number of aromatic nitrogens is 2. The maximum absolute atomic E-state index is 10.9. The molecule has 8 heteroatoms. The molecule has 0 saturated heterocycles. The molecule has 88 valence electrons. The van der Waals surface area contributed by atoms with Gasteiger partial charge in [0.2, 0.25) is 5.28 Å². The predicted molar refractivity (Wildman–Crippen MR) is 61.0 cm³/mol. The summed E-state index contributed by atoms with van der Waals surface area (Å²) in [6.45, 7) is 0. The summed E-state index contributed by atoms with van der Waals surface area (Å²) in [4.78, 5) is 29.1. The Kier molecular flexibility index (Phi) is 3.85. The molecule has 17 heavy (non-hydrogen) atoms. The van der Waals surface area contributed by atoms with Gasteiger partial charge in [0.25, 0.3) is 11.8 Å². The van der Waals surface area contributed by atoms with Crippen LogP contribution in [0.5, 0.6) is 0 Å². The fourth-order valence-corrected chi connectivity index (χ4v) is 1.14. The number of terminal acetylenes is 1. The summed E-state index contributed by atoms with van der Waals surface area (Å²) in [5.74, 6) is 0.652. The molecule has 0 spiro atoms. The topological polar surface area (TPSA) is 124 Å². The van der Waals surface area contributed by atoms with E-state index in [1.165, 1.54) is 6.07 Å². The Bertz CT molecular complexity index is 511. The van der Waals surface area contributed by atoms with Gasteiger partial charge in [-0.25, -0.2) is 9.97 Å². The number of nitrogens with one attached hydrogen (secondary N) is 1. The molecule has 0 aliphatic rings. The van der Waals surface area contributed by atoms with E-state index in [1.54, 1.807) is 0 Å². The number of nitrogens with two attached hydrogens (primary N) is 2. The molecule has 2 amide bonds. The fraction of sp³-hybridized carbons (Fsp3) is 0.111. The molecule has 0 radical (unpaired) electrons. The number of hydrogen-bond acceptors (Lipinski definition) is 5. The van der Waals surface area contributed by atoms with Gasteiger partial charge in [-0.1, -0.05) is 5.92 Å². The van der Waals surface area contributed by atoms with E-state index in [4.69, 9.17) is 29.5 Å². The van der Waals surface area contributed by atoms with Crippen molar-refractivity contribution in [2.45, 2.75) is 6.04 Å². The Labute approximate surface area is 102 Å². The highest BCUT2D eigenvalue weighted by atomic mass is 35.5. The molecule has 1 aromatic heterocycles. The molecule has 1 atom stereocenters. The Hall–Kier alpha value is -2.33. The number of carbonyl (C=O) groups is 2.